The van der Waals surface area contributed by atoms with Gasteiger partial charge < -0.3 is 24.4 Å². The van der Waals surface area contributed by atoms with E-state index in [2.05, 4.69) is 48.8 Å². The lowest BCUT2D eigenvalue weighted by atomic mass is 10.1. The molecule has 4 rings (SSSR count). The average Bonchev–Trinajstić information content (AvgIpc) is 3.23. The number of rotatable bonds is 4. The summed E-state index contributed by atoms with van der Waals surface area (Å²) in [6.45, 7) is 15.2. The molecule has 30 heavy (non-hydrogen) atoms. The molecule has 4 atom stereocenters. The molecule has 2 fully saturated rings. The zero-order chi connectivity index (χ0) is 22.1. The first-order valence-electron chi connectivity index (χ1n) is 10.2. The molecule has 0 saturated carbocycles. The number of nitrogen functional groups attached to an aromatic ring is 1. The van der Waals surface area contributed by atoms with Gasteiger partial charge in [-0.05, 0) is 32.0 Å². The minimum absolute atomic E-state index is 0.0831. The van der Waals surface area contributed by atoms with Gasteiger partial charge in [0.2, 0.25) is 0 Å². The van der Waals surface area contributed by atoms with E-state index in [0.717, 1.165) is 0 Å². The average molecular weight is 438 g/mol. The maximum atomic E-state index is 11.9. The molecule has 4 heterocycles. The maximum absolute atomic E-state index is 11.9. The van der Waals surface area contributed by atoms with Gasteiger partial charge in [0.15, 0.2) is 26.0 Å². The lowest BCUT2D eigenvalue weighted by molar-refractivity contribution is -0.199. The molecule has 2 aromatic heterocycles. The van der Waals surface area contributed by atoms with Crippen molar-refractivity contribution in [1.82, 2.24) is 19.5 Å². The summed E-state index contributed by atoms with van der Waals surface area (Å²) in [7, 11) is -1.97. The second-order valence-corrected chi connectivity index (χ2v) is 14.8. The highest BCUT2D eigenvalue weighted by molar-refractivity contribution is 6.74. The van der Waals surface area contributed by atoms with Crippen LogP contribution in [0.1, 0.15) is 40.8 Å². The second kappa shape index (κ2) is 6.86. The Morgan fingerprint density at radius 2 is 1.97 bits per heavy atom. The highest BCUT2D eigenvalue weighted by atomic mass is 28.4. The summed E-state index contributed by atoms with van der Waals surface area (Å²) in [5.74, 6) is -0.590. The molecular weight excluding hydrogens is 406 g/mol. The molecule has 0 aliphatic carbocycles. The Balaban J connectivity index is 1.65. The number of fused-ring (bicyclic) bond motifs is 2. The van der Waals surface area contributed by atoms with Crippen LogP contribution in [-0.2, 0) is 18.6 Å². The number of aromatic amines is 1. The summed E-state index contributed by atoms with van der Waals surface area (Å²) in [4.78, 5) is 22.7. The number of anilines is 1. The van der Waals surface area contributed by atoms with E-state index in [-0.39, 0.29) is 23.1 Å². The molecule has 166 valence electrons. The van der Waals surface area contributed by atoms with Gasteiger partial charge in [-0.15, -0.1) is 0 Å². The van der Waals surface area contributed by atoms with Crippen molar-refractivity contribution in [1.29, 1.82) is 0 Å². The summed E-state index contributed by atoms with van der Waals surface area (Å²) >= 11 is 0. The van der Waals surface area contributed by atoms with E-state index in [1.54, 1.807) is 10.9 Å². The number of H-pyrrole nitrogens is 1. The second-order valence-electron chi connectivity index (χ2n) is 9.98. The van der Waals surface area contributed by atoms with Gasteiger partial charge in [0.05, 0.1) is 12.9 Å². The zero-order valence-electron chi connectivity index (χ0n) is 18.6. The molecule has 0 spiro atoms. The Morgan fingerprint density at radius 3 is 2.63 bits per heavy atom. The largest absolute Gasteiger partial charge is 0.414 e. The number of ether oxygens (including phenoxy) is 3. The van der Waals surface area contributed by atoms with Crippen LogP contribution in [0.5, 0.6) is 0 Å². The molecule has 10 nitrogen and oxygen atoms in total. The van der Waals surface area contributed by atoms with Crippen molar-refractivity contribution in [2.45, 2.75) is 83.1 Å². The fourth-order valence-electron chi connectivity index (χ4n) is 3.66. The van der Waals surface area contributed by atoms with Gasteiger partial charge in [0.1, 0.15) is 29.6 Å². The first-order chi connectivity index (χ1) is 13.8. The highest BCUT2D eigenvalue weighted by Crippen LogP contribution is 2.45. The van der Waals surface area contributed by atoms with E-state index in [9.17, 15) is 4.79 Å². The summed E-state index contributed by atoms with van der Waals surface area (Å²) in [5, 5.41) is 0.0831. The van der Waals surface area contributed by atoms with E-state index in [1.165, 1.54) is 0 Å². The quantitative estimate of drug-likeness (QED) is 0.697. The first-order valence-corrected chi connectivity index (χ1v) is 13.1. The molecule has 2 saturated heterocycles. The van der Waals surface area contributed by atoms with Crippen LogP contribution in [0.2, 0.25) is 18.1 Å². The Morgan fingerprint density at radius 1 is 1.30 bits per heavy atom. The van der Waals surface area contributed by atoms with E-state index >= 15 is 0 Å². The number of aromatic nitrogens is 4. The number of hydrogen-bond acceptors (Lipinski definition) is 8. The number of nitrogens with two attached hydrogens (primary N) is 1. The van der Waals surface area contributed by atoms with E-state index < -0.39 is 32.1 Å². The Hall–Kier alpha value is -1.79. The van der Waals surface area contributed by atoms with Crippen molar-refractivity contribution in [3.8, 4) is 0 Å². The molecule has 2 unspecified atom stereocenters. The minimum atomic E-state index is -1.97. The molecule has 2 aliphatic rings. The van der Waals surface area contributed by atoms with Crippen LogP contribution in [0.3, 0.4) is 0 Å². The fraction of sp³-hybridized carbons (Fsp3) is 0.737. The lowest BCUT2D eigenvalue weighted by Crippen LogP contribution is -2.44. The number of imidazole rings is 1. The highest BCUT2D eigenvalue weighted by Gasteiger charge is 2.56. The molecule has 3 N–H and O–H groups in total. The van der Waals surface area contributed by atoms with Crippen molar-refractivity contribution in [3.05, 3.63) is 16.8 Å². The van der Waals surface area contributed by atoms with E-state index in [1.807, 2.05) is 13.8 Å². The predicted octanol–water partition coefficient (Wildman–Crippen LogP) is 2.14. The molecule has 0 radical (unpaired) electrons. The Bertz CT molecular complexity index is 1010. The third-order valence-electron chi connectivity index (χ3n) is 6.29. The number of hydrogen-bond donors (Lipinski definition) is 2. The third-order valence-corrected chi connectivity index (χ3v) is 10.8. The van der Waals surface area contributed by atoms with Crippen LogP contribution < -0.4 is 11.4 Å². The summed E-state index contributed by atoms with van der Waals surface area (Å²) in [5.41, 5.74) is 6.11. The van der Waals surface area contributed by atoms with Crippen LogP contribution in [0, 0.1) is 0 Å². The smallest absolute Gasteiger partial charge is 0.348 e. The van der Waals surface area contributed by atoms with Crippen molar-refractivity contribution in [3.63, 3.8) is 0 Å². The summed E-state index contributed by atoms with van der Waals surface area (Å²) in [6.07, 6.45) is -0.0371. The third kappa shape index (κ3) is 3.58. The van der Waals surface area contributed by atoms with Gasteiger partial charge >= 0.3 is 5.69 Å². The molecule has 0 bridgehead atoms. The molecule has 0 amide bonds. The SMILES string of the molecule is CC1(C)O[C@@H]2C(CO[Si](C)(C)C(C)(C)C)OC(n3cnc4c(N)[nH]c(=O)nc43)[C@@H]2O1. The summed E-state index contributed by atoms with van der Waals surface area (Å²) in [6, 6.07) is 0. The zero-order valence-corrected chi connectivity index (χ0v) is 19.6. The lowest BCUT2D eigenvalue weighted by Gasteiger charge is -2.37. The Labute approximate surface area is 176 Å². The van der Waals surface area contributed by atoms with Gasteiger partial charge in [-0.25, -0.2) is 9.78 Å². The molecule has 11 heteroatoms. The van der Waals surface area contributed by atoms with Crippen LogP contribution in [0.25, 0.3) is 11.2 Å². The standard InChI is InChI=1S/C19H31N5O5Si/c1-18(2,3)30(6,7)26-8-10-12-13(29-19(4,5)28-12)16(27-10)24-9-21-11-14(20)22-17(25)23-15(11)24/h9-10,12-13,16H,8H2,1-7H3,(H3,20,22,23,25)/t10?,12-,13-,16?/m1/s1. The van der Waals surface area contributed by atoms with Gasteiger partial charge in [0.25, 0.3) is 0 Å². The van der Waals surface area contributed by atoms with E-state index in [0.29, 0.717) is 17.8 Å². The molecule has 0 aromatic carbocycles. The normalized spacial score (nSPS) is 28.9. The van der Waals surface area contributed by atoms with Crippen LogP contribution >= 0.6 is 0 Å². The number of nitrogens with zero attached hydrogens (tertiary/aromatic N) is 3. The Kier molecular flexibility index (Phi) is 4.90. The summed E-state index contributed by atoms with van der Waals surface area (Å²) < 4.78 is 26.8. The van der Waals surface area contributed by atoms with Crippen LogP contribution in [0.4, 0.5) is 5.82 Å². The van der Waals surface area contributed by atoms with Crippen molar-refractivity contribution in [2.75, 3.05) is 12.3 Å². The number of nitrogens with one attached hydrogen (secondary N) is 1. The maximum Gasteiger partial charge on any atom is 0.348 e. The van der Waals surface area contributed by atoms with Gasteiger partial charge in [-0.3, -0.25) is 9.55 Å². The monoisotopic (exact) mass is 437 g/mol. The molecule has 2 aromatic rings. The van der Waals surface area contributed by atoms with E-state index in [4.69, 9.17) is 24.4 Å². The van der Waals surface area contributed by atoms with Gasteiger partial charge in [0, 0.05) is 0 Å². The van der Waals surface area contributed by atoms with Crippen molar-refractivity contribution in [2.24, 2.45) is 0 Å². The first kappa shape index (κ1) is 21.4. The molecular formula is C19H31N5O5Si. The van der Waals surface area contributed by atoms with Gasteiger partial charge in [-0.2, -0.15) is 4.98 Å². The van der Waals surface area contributed by atoms with Crippen molar-refractivity contribution < 1.29 is 18.6 Å². The minimum Gasteiger partial charge on any atom is -0.414 e. The molecule has 2 aliphatic heterocycles. The topological polar surface area (TPSA) is 127 Å². The van der Waals surface area contributed by atoms with Crippen LogP contribution in [-0.4, -0.2) is 58.5 Å². The predicted molar refractivity (Wildman–Crippen MR) is 113 cm³/mol. The van der Waals surface area contributed by atoms with Crippen LogP contribution in [0.15, 0.2) is 11.1 Å². The van der Waals surface area contributed by atoms with Crippen molar-refractivity contribution >= 4 is 25.3 Å². The fourth-order valence-corrected chi connectivity index (χ4v) is 4.68. The van der Waals surface area contributed by atoms with Gasteiger partial charge in [-0.1, -0.05) is 20.8 Å².